The monoisotopic (exact) mass is 214 g/mol. The van der Waals surface area contributed by atoms with E-state index in [0.717, 1.165) is 38.5 Å². The fourth-order valence-corrected chi connectivity index (χ4v) is 1.58. The van der Waals surface area contributed by atoms with Crippen LogP contribution >= 0.6 is 0 Å². The van der Waals surface area contributed by atoms with E-state index in [1.165, 1.54) is 6.42 Å². The first kappa shape index (κ1) is 14.5. The number of rotatable bonds is 9. The summed E-state index contributed by atoms with van der Waals surface area (Å²) in [6.07, 6.45) is 7.50. The van der Waals surface area contributed by atoms with E-state index < -0.39 is 0 Å². The standard InChI is InChI=1S/C13H26O2/c1-4-7-9-11-15-13(14)12(6-3)10-8-5-2/h12H,4-11H2,1-3H3. The zero-order valence-electron chi connectivity index (χ0n) is 10.6. The Labute approximate surface area is 94.4 Å². The van der Waals surface area contributed by atoms with Crippen LogP contribution in [0.3, 0.4) is 0 Å². The number of ether oxygens (including phenoxy) is 1. The van der Waals surface area contributed by atoms with E-state index in [-0.39, 0.29) is 11.9 Å². The highest BCUT2D eigenvalue weighted by Gasteiger charge is 2.16. The van der Waals surface area contributed by atoms with Gasteiger partial charge in [-0.2, -0.15) is 0 Å². The topological polar surface area (TPSA) is 26.3 Å². The molecule has 0 aromatic carbocycles. The van der Waals surface area contributed by atoms with Gasteiger partial charge in [-0.15, -0.1) is 0 Å². The molecule has 1 unspecified atom stereocenters. The summed E-state index contributed by atoms with van der Waals surface area (Å²) in [5.74, 6) is 0.147. The predicted molar refractivity (Wildman–Crippen MR) is 63.8 cm³/mol. The van der Waals surface area contributed by atoms with Gasteiger partial charge in [0.1, 0.15) is 0 Å². The lowest BCUT2D eigenvalue weighted by molar-refractivity contribution is -0.149. The van der Waals surface area contributed by atoms with Crippen molar-refractivity contribution in [1.29, 1.82) is 0 Å². The molecule has 0 spiro atoms. The molecule has 0 aliphatic rings. The van der Waals surface area contributed by atoms with Crippen molar-refractivity contribution in [3.8, 4) is 0 Å². The Morgan fingerprint density at radius 3 is 2.27 bits per heavy atom. The summed E-state index contributed by atoms with van der Waals surface area (Å²) in [4.78, 5) is 11.6. The van der Waals surface area contributed by atoms with E-state index in [2.05, 4.69) is 20.8 Å². The molecule has 2 nitrogen and oxygen atoms in total. The minimum absolute atomic E-state index is 0.0158. The van der Waals surface area contributed by atoms with Gasteiger partial charge in [0.25, 0.3) is 0 Å². The summed E-state index contributed by atoms with van der Waals surface area (Å²) in [5, 5.41) is 0. The quantitative estimate of drug-likeness (QED) is 0.429. The van der Waals surface area contributed by atoms with Crippen molar-refractivity contribution in [1.82, 2.24) is 0 Å². The maximum atomic E-state index is 11.6. The summed E-state index contributed by atoms with van der Waals surface area (Å²) in [5.41, 5.74) is 0. The van der Waals surface area contributed by atoms with Crippen LogP contribution in [0.15, 0.2) is 0 Å². The highest BCUT2D eigenvalue weighted by molar-refractivity contribution is 5.72. The minimum atomic E-state index is 0.0158. The number of hydrogen-bond donors (Lipinski definition) is 0. The molecule has 0 N–H and O–H groups in total. The van der Waals surface area contributed by atoms with Crippen molar-refractivity contribution in [2.24, 2.45) is 5.92 Å². The molecule has 0 fully saturated rings. The lowest BCUT2D eigenvalue weighted by atomic mass is 10.00. The molecule has 0 aliphatic heterocycles. The molecule has 90 valence electrons. The van der Waals surface area contributed by atoms with Crippen LogP contribution in [-0.2, 0) is 9.53 Å². The van der Waals surface area contributed by atoms with E-state index in [1.807, 2.05) is 0 Å². The van der Waals surface area contributed by atoms with Crippen molar-refractivity contribution < 1.29 is 9.53 Å². The summed E-state index contributed by atoms with van der Waals surface area (Å²) in [6.45, 7) is 6.97. The summed E-state index contributed by atoms with van der Waals surface area (Å²) in [6, 6.07) is 0. The second-order valence-corrected chi connectivity index (χ2v) is 4.12. The molecule has 2 heteroatoms. The Morgan fingerprint density at radius 1 is 1.07 bits per heavy atom. The zero-order chi connectivity index (χ0) is 11.5. The number of carbonyl (C=O) groups excluding carboxylic acids is 1. The largest absolute Gasteiger partial charge is 0.465 e. The highest BCUT2D eigenvalue weighted by atomic mass is 16.5. The Hall–Kier alpha value is -0.530. The van der Waals surface area contributed by atoms with Crippen LogP contribution in [0.25, 0.3) is 0 Å². The van der Waals surface area contributed by atoms with E-state index in [9.17, 15) is 4.79 Å². The van der Waals surface area contributed by atoms with Gasteiger partial charge in [0.2, 0.25) is 0 Å². The summed E-state index contributed by atoms with van der Waals surface area (Å²) < 4.78 is 5.26. The summed E-state index contributed by atoms with van der Waals surface area (Å²) in [7, 11) is 0. The van der Waals surface area contributed by atoms with Gasteiger partial charge in [0, 0.05) is 0 Å². The smallest absolute Gasteiger partial charge is 0.308 e. The van der Waals surface area contributed by atoms with Gasteiger partial charge in [0.05, 0.1) is 12.5 Å². The minimum Gasteiger partial charge on any atom is -0.465 e. The molecule has 0 radical (unpaired) electrons. The Bertz CT molecular complexity index is 155. The molecule has 15 heavy (non-hydrogen) atoms. The van der Waals surface area contributed by atoms with Gasteiger partial charge >= 0.3 is 5.97 Å². The van der Waals surface area contributed by atoms with Crippen molar-refractivity contribution in [2.45, 2.75) is 65.7 Å². The molecule has 0 aromatic rings. The second-order valence-electron chi connectivity index (χ2n) is 4.12. The van der Waals surface area contributed by atoms with Gasteiger partial charge in [-0.3, -0.25) is 4.79 Å². The van der Waals surface area contributed by atoms with Gasteiger partial charge in [-0.05, 0) is 19.3 Å². The van der Waals surface area contributed by atoms with Crippen molar-refractivity contribution in [2.75, 3.05) is 6.61 Å². The molecular formula is C13H26O2. The molecule has 0 heterocycles. The van der Waals surface area contributed by atoms with Crippen LogP contribution in [0, 0.1) is 5.92 Å². The SMILES string of the molecule is CCCCCOC(=O)C(CC)CCCC. The molecule has 0 aromatic heterocycles. The van der Waals surface area contributed by atoms with Crippen molar-refractivity contribution in [3.63, 3.8) is 0 Å². The van der Waals surface area contributed by atoms with E-state index in [4.69, 9.17) is 4.74 Å². The van der Waals surface area contributed by atoms with Gasteiger partial charge < -0.3 is 4.74 Å². The average Bonchev–Trinajstić information content (AvgIpc) is 2.25. The molecule has 0 saturated carbocycles. The van der Waals surface area contributed by atoms with Gasteiger partial charge in [0.15, 0.2) is 0 Å². The maximum Gasteiger partial charge on any atom is 0.308 e. The van der Waals surface area contributed by atoms with Gasteiger partial charge in [-0.25, -0.2) is 0 Å². The first-order valence-electron chi connectivity index (χ1n) is 6.42. The van der Waals surface area contributed by atoms with Crippen LogP contribution in [0.1, 0.15) is 65.7 Å². The van der Waals surface area contributed by atoms with Crippen LogP contribution in [0.4, 0.5) is 0 Å². The Balaban J connectivity index is 3.63. The molecule has 0 amide bonds. The van der Waals surface area contributed by atoms with Crippen LogP contribution < -0.4 is 0 Å². The third-order valence-corrected chi connectivity index (χ3v) is 2.72. The van der Waals surface area contributed by atoms with E-state index in [1.54, 1.807) is 0 Å². The predicted octanol–water partition coefficient (Wildman–Crippen LogP) is 3.94. The first-order valence-corrected chi connectivity index (χ1v) is 6.42. The zero-order valence-corrected chi connectivity index (χ0v) is 10.6. The fraction of sp³-hybridized carbons (Fsp3) is 0.923. The summed E-state index contributed by atoms with van der Waals surface area (Å²) >= 11 is 0. The molecule has 0 saturated heterocycles. The maximum absolute atomic E-state index is 11.6. The van der Waals surface area contributed by atoms with E-state index in [0.29, 0.717) is 6.61 Å². The average molecular weight is 214 g/mol. The highest BCUT2D eigenvalue weighted by Crippen LogP contribution is 2.14. The number of unbranched alkanes of at least 4 members (excludes halogenated alkanes) is 3. The molecular weight excluding hydrogens is 188 g/mol. The Morgan fingerprint density at radius 2 is 1.73 bits per heavy atom. The second kappa shape index (κ2) is 10.0. The van der Waals surface area contributed by atoms with Crippen LogP contribution in [0.2, 0.25) is 0 Å². The number of hydrogen-bond acceptors (Lipinski definition) is 2. The molecule has 1 atom stereocenters. The van der Waals surface area contributed by atoms with Crippen molar-refractivity contribution in [3.05, 3.63) is 0 Å². The number of esters is 1. The molecule has 0 bridgehead atoms. The third-order valence-electron chi connectivity index (χ3n) is 2.72. The lowest BCUT2D eigenvalue weighted by Gasteiger charge is -2.13. The Kier molecular flexibility index (Phi) is 9.65. The van der Waals surface area contributed by atoms with E-state index >= 15 is 0 Å². The van der Waals surface area contributed by atoms with Crippen molar-refractivity contribution >= 4 is 5.97 Å². The molecule has 0 rings (SSSR count). The van der Waals surface area contributed by atoms with Crippen LogP contribution in [-0.4, -0.2) is 12.6 Å². The number of carbonyl (C=O) groups is 1. The lowest BCUT2D eigenvalue weighted by Crippen LogP contribution is -2.17. The van der Waals surface area contributed by atoms with Crippen LogP contribution in [0.5, 0.6) is 0 Å². The normalized spacial score (nSPS) is 12.5. The molecule has 0 aliphatic carbocycles. The third kappa shape index (κ3) is 7.40. The van der Waals surface area contributed by atoms with Gasteiger partial charge in [-0.1, -0.05) is 46.5 Å². The fourth-order valence-electron chi connectivity index (χ4n) is 1.58. The first-order chi connectivity index (χ1) is 7.26.